The molecule has 0 atom stereocenters. The number of aromatic hydroxyl groups is 1. The molecular formula is C12H14O2. The predicted octanol–water partition coefficient (Wildman–Crippen LogP) is 2.63. The van der Waals surface area contributed by atoms with E-state index in [1.54, 1.807) is 24.3 Å². The number of aldehydes is 1. The van der Waals surface area contributed by atoms with Crippen molar-refractivity contribution in [1.82, 2.24) is 0 Å². The van der Waals surface area contributed by atoms with Crippen LogP contribution in [0, 0.1) is 5.92 Å². The molecule has 0 unspecified atom stereocenters. The molecule has 0 bridgehead atoms. The molecule has 0 aliphatic heterocycles. The molecule has 0 saturated carbocycles. The summed E-state index contributed by atoms with van der Waals surface area (Å²) in [6.07, 6.45) is 2.70. The quantitative estimate of drug-likeness (QED) is 0.587. The van der Waals surface area contributed by atoms with Crippen molar-refractivity contribution < 1.29 is 9.90 Å². The standard InChI is InChI=1S/C12H14O2/c1-9(2)11(8-13)7-10-3-5-12(14)6-4-10/h3-9,14H,1-2H3. The van der Waals surface area contributed by atoms with Gasteiger partial charge in [0.2, 0.25) is 0 Å². The zero-order valence-electron chi connectivity index (χ0n) is 8.40. The number of hydrogen-bond donors (Lipinski definition) is 1. The summed E-state index contributed by atoms with van der Waals surface area (Å²) in [5.74, 6) is 0.459. The Kier molecular flexibility index (Phi) is 3.46. The highest BCUT2D eigenvalue weighted by Crippen LogP contribution is 2.15. The van der Waals surface area contributed by atoms with E-state index in [-0.39, 0.29) is 11.7 Å². The lowest BCUT2D eigenvalue weighted by Crippen LogP contribution is -1.94. The fourth-order valence-corrected chi connectivity index (χ4v) is 1.10. The van der Waals surface area contributed by atoms with E-state index in [1.807, 2.05) is 19.9 Å². The summed E-state index contributed by atoms with van der Waals surface area (Å²) in [6.45, 7) is 3.95. The molecule has 0 aliphatic carbocycles. The summed E-state index contributed by atoms with van der Waals surface area (Å²) in [6, 6.07) is 6.77. The van der Waals surface area contributed by atoms with Crippen molar-refractivity contribution in [2.45, 2.75) is 13.8 Å². The Bertz CT molecular complexity index is 334. The van der Waals surface area contributed by atoms with Crippen LogP contribution in [-0.2, 0) is 4.79 Å². The van der Waals surface area contributed by atoms with Crippen molar-refractivity contribution in [2.75, 3.05) is 0 Å². The molecule has 0 spiro atoms. The number of carbonyl (C=O) groups is 1. The maximum atomic E-state index is 10.7. The van der Waals surface area contributed by atoms with Crippen LogP contribution in [-0.4, -0.2) is 11.4 Å². The second kappa shape index (κ2) is 4.61. The van der Waals surface area contributed by atoms with Crippen LogP contribution in [0.15, 0.2) is 29.8 Å². The molecule has 1 rings (SSSR count). The topological polar surface area (TPSA) is 37.3 Å². The molecule has 1 aromatic rings. The maximum Gasteiger partial charge on any atom is 0.146 e. The number of hydrogen-bond acceptors (Lipinski definition) is 2. The van der Waals surface area contributed by atoms with Crippen LogP contribution in [0.5, 0.6) is 5.75 Å². The van der Waals surface area contributed by atoms with Gasteiger partial charge in [-0.2, -0.15) is 0 Å². The lowest BCUT2D eigenvalue weighted by molar-refractivity contribution is -0.105. The van der Waals surface area contributed by atoms with Gasteiger partial charge in [0.05, 0.1) is 0 Å². The Hall–Kier alpha value is -1.57. The number of carbonyl (C=O) groups excluding carboxylic acids is 1. The first-order valence-electron chi connectivity index (χ1n) is 4.59. The van der Waals surface area contributed by atoms with E-state index in [4.69, 9.17) is 5.11 Å². The normalized spacial score (nSPS) is 11.8. The number of benzene rings is 1. The van der Waals surface area contributed by atoms with Crippen molar-refractivity contribution in [1.29, 1.82) is 0 Å². The molecule has 0 heterocycles. The largest absolute Gasteiger partial charge is 0.508 e. The second-order valence-corrected chi connectivity index (χ2v) is 3.51. The summed E-state index contributed by atoms with van der Waals surface area (Å²) in [5, 5.41) is 9.07. The zero-order chi connectivity index (χ0) is 10.6. The van der Waals surface area contributed by atoms with Crippen LogP contribution in [0.25, 0.3) is 6.08 Å². The lowest BCUT2D eigenvalue weighted by atomic mass is 10.0. The van der Waals surface area contributed by atoms with Crippen LogP contribution in [0.4, 0.5) is 0 Å². The Labute approximate surface area is 83.9 Å². The van der Waals surface area contributed by atoms with E-state index in [0.717, 1.165) is 17.4 Å². The SMILES string of the molecule is CC(C)C(C=O)=Cc1ccc(O)cc1. The van der Waals surface area contributed by atoms with Crippen LogP contribution in [0.1, 0.15) is 19.4 Å². The molecule has 1 N–H and O–H groups in total. The van der Waals surface area contributed by atoms with E-state index in [2.05, 4.69) is 0 Å². The Morgan fingerprint density at radius 3 is 2.29 bits per heavy atom. The zero-order valence-corrected chi connectivity index (χ0v) is 8.40. The minimum Gasteiger partial charge on any atom is -0.508 e. The monoisotopic (exact) mass is 190 g/mol. The highest BCUT2D eigenvalue weighted by atomic mass is 16.3. The minimum absolute atomic E-state index is 0.223. The Balaban J connectivity index is 2.95. The molecule has 2 heteroatoms. The fourth-order valence-electron chi connectivity index (χ4n) is 1.10. The third-order valence-corrected chi connectivity index (χ3v) is 2.03. The summed E-state index contributed by atoms with van der Waals surface area (Å²) in [5.41, 5.74) is 1.69. The molecule has 0 saturated heterocycles. The highest BCUT2D eigenvalue weighted by molar-refractivity contribution is 5.82. The molecule has 0 radical (unpaired) electrons. The van der Waals surface area contributed by atoms with Crippen molar-refractivity contribution in [3.63, 3.8) is 0 Å². The lowest BCUT2D eigenvalue weighted by Gasteiger charge is -2.03. The molecule has 0 aromatic heterocycles. The van der Waals surface area contributed by atoms with Gasteiger partial charge < -0.3 is 5.11 Å². The molecule has 0 fully saturated rings. The molecule has 1 aromatic carbocycles. The van der Waals surface area contributed by atoms with Gasteiger partial charge in [0.1, 0.15) is 12.0 Å². The van der Waals surface area contributed by atoms with Crippen molar-refractivity contribution in [3.8, 4) is 5.75 Å². The van der Waals surface area contributed by atoms with Gasteiger partial charge in [-0.1, -0.05) is 26.0 Å². The van der Waals surface area contributed by atoms with Crippen LogP contribution < -0.4 is 0 Å². The maximum absolute atomic E-state index is 10.7. The molecule has 2 nitrogen and oxygen atoms in total. The number of allylic oxidation sites excluding steroid dienone is 1. The van der Waals surface area contributed by atoms with Crippen LogP contribution in [0.2, 0.25) is 0 Å². The van der Waals surface area contributed by atoms with Gasteiger partial charge in [-0.25, -0.2) is 0 Å². The van der Waals surface area contributed by atoms with Gasteiger partial charge in [-0.15, -0.1) is 0 Å². The number of rotatable bonds is 3. The average Bonchev–Trinajstić information content (AvgIpc) is 2.16. The second-order valence-electron chi connectivity index (χ2n) is 3.51. The van der Waals surface area contributed by atoms with Crippen molar-refractivity contribution >= 4 is 12.4 Å². The van der Waals surface area contributed by atoms with Gasteiger partial charge in [-0.05, 0) is 35.3 Å². The third kappa shape index (κ3) is 2.73. The number of phenols is 1. The highest BCUT2D eigenvalue weighted by Gasteiger charge is 2.01. The van der Waals surface area contributed by atoms with E-state index < -0.39 is 0 Å². The minimum atomic E-state index is 0.223. The Morgan fingerprint density at radius 1 is 1.29 bits per heavy atom. The first-order valence-corrected chi connectivity index (χ1v) is 4.59. The number of phenolic OH excluding ortho intramolecular Hbond substituents is 1. The average molecular weight is 190 g/mol. The first-order chi connectivity index (χ1) is 6.63. The Morgan fingerprint density at radius 2 is 1.86 bits per heavy atom. The van der Waals surface area contributed by atoms with E-state index in [1.165, 1.54) is 0 Å². The van der Waals surface area contributed by atoms with E-state index >= 15 is 0 Å². The van der Waals surface area contributed by atoms with Gasteiger partial charge in [0.15, 0.2) is 0 Å². The van der Waals surface area contributed by atoms with Crippen molar-refractivity contribution in [2.24, 2.45) is 5.92 Å². The van der Waals surface area contributed by atoms with Crippen molar-refractivity contribution in [3.05, 3.63) is 35.4 Å². The van der Waals surface area contributed by atoms with Gasteiger partial charge in [0, 0.05) is 0 Å². The van der Waals surface area contributed by atoms with Gasteiger partial charge in [0.25, 0.3) is 0 Å². The van der Waals surface area contributed by atoms with Crippen LogP contribution in [0.3, 0.4) is 0 Å². The summed E-state index contributed by atoms with van der Waals surface area (Å²) in [7, 11) is 0. The van der Waals surface area contributed by atoms with E-state index in [0.29, 0.717) is 0 Å². The van der Waals surface area contributed by atoms with Gasteiger partial charge >= 0.3 is 0 Å². The third-order valence-electron chi connectivity index (χ3n) is 2.03. The molecule has 0 amide bonds. The predicted molar refractivity (Wildman–Crippen MR) is 57.0 cm³/mol. The smallest absolute Gasteiger partial charge is 0.146 e. The van der Waals surface area contributed by atoms with Gasteiger partial charge in [-0.3, -0.25) is 4.79 Å². The molecular weight excluding hydrogens is 176 g/mol. The summed E-state index contributed by atoms with van der Waals surface area (Å²) < 4.78 is 0. The molecule has 74 valence electrons. The van der Waals surface area contributed by atoms with Crippen LogP contribution >= 0.6 is 0 Å². The molecule has 14 heavy (non-hydrogen) atoms. The summed E-state index contributed by atoms with van der Waals surface area (Å²) in [4.78, 5) is 10.7. The first kappa shape index (κ1) is 10.5. The molecule has 0 aliphatic rings. The fraction of sp³-hybridized carbons (Fsp3) is 0.250. The summed E-state index contributed by atoms with van der Waals surface area (Å²) >= 11 is 0. The van der Waals surface area contributed by atoms with E-state index in [9.17, 15) is 4.79 Å².